The summed E-state index contributed by atoms with van der Waals surface area (Å²) in [6.45, 7) is 1.41. The number of benzene rings is 1. The fourth-order valence-corrected chi connectivity index (χ4v) is 1.38. The molecule has 0 aliphatic rings. The second kappa shape index (κ2) is 4.72. The molecule has 1 amide bonds. The molecule has 1 N–H and O–H groups in total. The Hall–Kier alpha value is -1.37. The summed E-state index contributed by atoms with van der Waals surface area (Å²) in [7, 11) is 0. The van der Waals surface area contributed by atoms with Gasteiger partial charge in [0.05, 0.1) is 10.7 Å². The van der Waals surface area contributed by atoms with E-state index in [1.807, 2.05) is 0 Å². The average Bonchev–Trinajstić information content (AvgIpc) is 2.21. The summed E-state index contributed by atoms with van der Waals surface area (Å²) in [6, 6.07) is 4.14. The molecule has 0 saturated carbocycles. The fraction of sp³-hybridized carbons (Fsp3) is 0.300. The van der Waals surface area contributed by atoms with Crippen LogP contribution < -0.4 is 5.32 Å². The molecule has 0 saturated heterocycles. The molecule has 100 valence electrons. The summed E-state index contributed by atoms with van der Waals surface area (Å²) >= 11 is 5.60. The highest BCUT2D eigenvalue weighted by molar-refractivity contribution is 6.34. The van der Waals surface area contributed by atoms with Gasteiger partial charge in [-0.05, 0) is 18.6 Å². The third-order valence-corrected chi connectivity index (χ3v) is 2.42. The molecule has 1 aromatic rings. The largest absolute Gasteiger partial charge is 0.463 e. The number of carbonyl (C=O) groups is 1. The highest BCUT2D eigenvalue weighted by Gasteiger charge is 2.63. The highest BCUT2D eigenvalue weighted by atomic mass is 35.5. The van der Waals surface area contributed by atoms with Gasteiger partial charge in [-0.25, -0.2) is 0 Å². The van der Waals surface area contributed by atoms with Gasteiger partial charge < -0.3 is 5.32 Å². The number of aryl methyl sites for hydroxylation is 1. The minimum absolute atomic E-state index is 0.124. The molecular formula is C10H7ClF5NO. The summed E-state index contributed by atoms with van der Waals surface area (Å²) in [6.07, 6.45) is -5.95. The van der Waals surface area contributed by atoms with Crippen LogP contribution in [-0.4, -0.2) is 18.0 Å². The topological polar surface area (TPSA) is 29.1 Å². The molecule has 0 aromatic heterocycles. The Morgan fingerprint density at radius 2 is 1.78 bits per heavy atom. The number of para-hydroxylation sites is 1. The van der Waals surface area contributed by atoms with E-state index < -0.39 is 18.0 Å². The van der Waals surface area contributed by atoms with Gasteiger partial charge in [0.15, 0.2) is 0 Å². The second-order valence-corrected chi connectivity index (χ2v) is 3.87. The zero-order valence-electron chi connectivity index (χ0n) is 8.91. The SMILES string of the molecule is Cc1cccc(Cl)c1NC(=O)C(F)(F)C(F)(F)F. The van der Waals surface area contributed by atoms with Crippen LogP contribution in [0.4, 0.5) is 27.6 Å². The van der Waals surface area contributed by atoms with Crippen LogP contribution in [0.25, 0.3) is 0 Å². The van der Waals surface area contributed by atoms with E-state index in [9.17, 15) is 26.7 Å². The molecule has 1 aromatic carbocycles. The summed E-state index contributed by atoms with van der Waals surface area (Å²) in [4.78, 5) is 10.9. The van der Waals surface area contributed by atoms with Crippen molar-refractivity contribution in [3.05, 3.63) is 28.8 Å². The van der Waals surface area contributed by atoms with Crippen LogP contribution >= 0.6 is 11.6 Å². The van der Waals surface area contributed by atoms with E-state index in [2.05, 4.69) is 0 Å². The summed E-state index contributed by atoms with van der Waals surface area (Å²) < 4.78 is 61.2. The van der Waals surface area contributed by atoms with Crippen LogP contribution in [0.3, 0.4) is 0 Å². The van der Waals surface area contributed by atoms with Gasteiger partial charge >= 0.3 is 18.0 Å². The first-order valence-electron chi connectivity index (χ1n) is 4.58. The van der Waals surface area contributed by atoms with Crippen molar-refractivity contribution in [2.75, 3.05) is 5.32 Å². The van der Waals surface area contributed by atoms with Gasteiger partial charge in [0.25, 0.3) is 0 Å². The number of hydrogen-bond acceptors (Lipinski definition) is 1. The molecule has 0 aliphatic carbocycles. The first-order valence-corrected chi connectivity index (χ1v) is 4.96. The molecule has 0 radical (unpaired) electrons. The van der Waals surface area contributed by atoms with E-state index in [1.54, 1.807) is 0 Å². The first-order chi connectivity index (χ1) is 8.07. The second-order valence-electron chi connectivity index (χ2n) is 3.46. The van der Waals surface area contributed by atoms with E-state index in [4.69, 9.17) is 11.6 Å². The van der Waals surface area contributed by atoms with Gasteiger partial charge in [0, 0.05) is 0 Å². The van der Waals surface area contributed by atoms with Gasteiger partial charge in [-0.3, -0.25) is 4.79 Å². The molecule has 0 heterocycles. The molecule has 0 unspecified atom stereocenters. The maximum absolute atomic E-state index is 12.7. The van der Waals surface area contributed by atoms with E-state index in [0.29, 0.717) is 0 Å². The molecule has 0 spiro atoms. The standard InChI is InChI=1S/C10H7ClF5NO/c1-5-3-2-4-6(11)7(5)17-8(18)9(12,13)10(14,15)16/h2-4H,1H3,(H,17,18). The number of halogens is 6. The maximum atomic E-state index is 12.7. The Labute approximate surface area is 104 Å². The number of anilines is 1. The molecule has 0 aliphatic heterocycles. The lowest BCUT2D eigenvalue weighted by Gasteiger charge is -2.19. The number of amides is 1. The number of alkyl halides is 5. The van der Waals surface area contributed by atoms with Gasteiger partial charge in [0.1, 0.15) is 0 Å². The van der Waals surface area contributed by atoms with Gasteiger partial charge in [-0.1, -0.05) is 23.7 Å². The lowest BCUT2D eigenvalue weighted by atomic mass is 10.2. The normalized spacial score (nSPS) is 12.4. The van der Waals surface area contributed by atoms with Crippen LogP contribution in [0.1, 0.15) is 5.56 Å². The molecule has 1 rings (SSSR count). The van der Waals surface area contributed by atoms with Crippen LogP contribution in [0.5, 0.6) is 0 Å². The molecule has 8 heteroatoms. The minimum atomic E-state index is -5.95. The van der Waals surface area contributed by atoms with Crippen molar-refractivity contribution in [3.63, 3.8) is 0 Å². The Kier molecular flexibility index (Phi) is 3.85. The summed E-state index contributed by atoms with van der Waals surface area (Å²) in [5.41, 5.74) is 0.00177. The quantitative estimate of drug-likeness (QED) is 0.824. The van der Waals surface area contributed by atoms with E-state index in [1.165, 1.54) is 30.4 Å². The molecule has 18 heavy (non-hydrogen) atoms. The number of rotatable bonds is 2. The average molecular weight is 288 g/mol. The monoisotopic (exact) mass is 287 g/mol. The lowest BCUT2D eigenvalue weighted by molar-refractivity contribution is -0.267. The van der Waals surface area contributed by atoms with Crippen molar-refractivity contribution in [2.24, 2.45) is 0 Å². The Morgan fingerprint density at radius 3 is 2.22 bits per heavy atom. The predicted molar refractivity (Wildman–Crippen MR) is 55.8 cm³/mol. The van der Waals surface area contributed by atoms with Crippen molar-refractivity contribution < 1.29 is 26.7 Å². The van der Waals surface area contributed by atoms with Crippen LogP contribution in [-0.2, 0) is 4.79 Å². The van der Waals surface area contributed by atoms with Crippen molar-refractivity contribution in [1.29, 1.82) is 0 Å². The number of carbonyl (C=O) groups excluding carboxylic acids is 1. The minimum Gasteiger partial charge on any atom is -0.319 e. The Bertz CT molecular complexity index is 452. The molecular weight excluding hydrogens is 281 g/mol. The Balaban J connectivity index is 3.03. The van der Waals surface area contributed by atoms with Crippen molar-refractivity contribution in [2.45, 2.75) is 19.0 Å². The van der Waals surface area contributed by atoms with Crippen LogP contribution in [0.2, 0.25) is 5.02 Å². The molecule has 0 fully saturated rings. The lowest BCUT2D eigenvalue weighted by Crippen LogP contribution is -2.47. The third kappa shape index (κ3) is 2.72. The van der Waals surface area contributed by atoms with Crippen molar-refractivity contribution in [3.8, 4) is 0 Å². The van der Waals surface area contributed by atoms with E-state index in [0.717, 1.165) is 0 Å². The zero-order chi connectivity index (χ0) is 14.1. The van der Waals surface area contributed by atoms with Crippen molar-refractivity contribution in [1.82, 2.24) is 0 Å². The highest BCUT2D eigenvalue weighted by Crippen LogP contribution is 2.37. The fourth-order valence-electron chi connectivity index (χ4n) is 1.11. The van der Waals surface area contributed by atoms with Gasteiger partial charge in [-0.2, -0.15) is 22.0 Å². The third-order valence-electron chi connectivity index (χ3n) is 2.10. The maximum Gasteiger partial charge on any atom is 0.463 e. The van der Waals surface area contributed by atoms with E-state index in [-0.39, 0.29) is 16.3 Å². The molecule has 0 atom stereocenters. The zero-order valence-corrected chi connectivity index (χ0v) is 9.66. The Morgan fingerprint density at radius 1 is 1.22 bits per heavy atom. The van der Waals surface area contributed by atoms with Crippen molar-refractivity contribution >= 4 is 23.2 Å². The van der Waals surface area contributed by atoms with E-state index >= 15 is 0 Å². The molecule has 0 bridgehead atoms. The van der Waals surface area contributed by atoms with Crippen LogP contribution in [0, 0.1) is 6.92 Å². The smallest absolute Gasteiger partial charge is 0.319 e. The summed E-state index contributed by atoms with van der Waals surface area (Å²) in [5.74, 6) is -7.94. The van der Waals surface area contributed by atoms with Crippen LogP contribution in [0.15, 0.2) is 18.2 Å². The predicted octanol–water partition coefficient (Wildman–Crippen LogP) is 3.78. The van der Waals surface area contributed by atoms with Gasteiger partial charge in [-0.15, -0.1) is 0 Å². The number of hydrogen-bond donors (Lipinski definition) is 1. The summed E-state index contributed by atoms with van der Waals surface area (Å²) in [5, 5.41) is 1.36. The first kappa shape index (κ1) is 14.7. The van der Waals surface area contributed by atoms with Gasteiger partial charge in [0.2, 0.25) is 0 Å². The molecule has 2 nitrogen and oxygen atoms in total. The number of nitrogens with one attached hydrogen (secondary N) is 1.